The zero-order chi connectivity index (χ0) is 13.8. The van der Waals surface area contributed by atoms with E-state index >= 15 is 0 Å². The third-order valence-corrected chi connectivity index (χ3v) is 4.09. The van der Waals surface area contributed by atoms with Gasteiger partial charge in [0.25, 0.3) is 0 Å². The third kappa shape index (κ3) is 3.52. The van der Waals surface area contributed by atoms with E-state index in [1.54, 1.807) is 0 Å². The second kappa shape index (κ2) is 6.12. The van der Waals surface area contributed by atoms with Crippen molar-refractivity contribution < 1.29 is 4.74 Å². The van der Waals surface area contributed by atoms with Gasteiger partial charge in [-0.15, -0.1) is 11.3 Å². The molecule has 3 nitrogen and oxygen atoms in total. The highest BCUT2D eigenvalue weighted by atomic mass is 32.1. The number of thiazole rings is 1. The van der Waals surface area contributed by atoms with E-state index in [0.717, 1.165) is 27.7 Å². The lowest BCUT2D eigenvalue weighted by Gasteiger charge is -2.04. The van der Waals surface area contributed by atoms with Crippen molar-refractivity contribution in [2.45, 2.75) is 26.9 Å². The SMILES string of the molecule is CCc1nc(COc2cccc(C)c2)sc1C(N)=S. The zero-order valence-corrected chi connectivity index (χ0v) is 12.6. The van der Waals surface area contributed by atoms with Gasteiger partial charge in [-0.2, -0.15) is 0 Å². The van der Waals surface area contributed by atoms with Crippen molar-refractivity contribution >= 4 is 28.5 Å². The molecule has 2 rings (SSSR count). The van der Waals surface area contributed by atoms with E-state index in [-0.39, 0.29) is 0 Å². The number of aryl methyl sites for hydroxylation is 2. The van der Waals surface area contributed by atoms with Crippen LogP contribution in [0.1, 0.15) is 28.1 Å². The molecule has 0 radical (unpaired) electrons. The van der Waals surface area contributed by atoms with Crippen LogP contribution >= 0.6 is 23.6 Å². The summed E-state index contributed by atoms with van der Waals surface area (Å²) < 4.78 is 5.73. The Balaban J connectivity index is 2.09. The van der Waals surface area contributed by atoms with Crippen LogP contribution in [0, 0.1) is 6.92 Å². The van der Waals surface area contributed by atoms with E-state index < -0.39 is 0 Å². The van der Waals surface area contributed by atoms with Gasteiger partial charge in [0.05, 0.1) is 10.6 Å². The lowest BCUT2D eigenvalue weighted by Crippen LogP contribution is -2.09. The molecule has 0 saturated heterocycles. The van der Waals surface area contributed by atoms with Gasteiger partial charge in [0.1, 0.15) is 22.4 Å². The fraction of sp³-hybridized carbons (Fsp3) is 0.286. The summed E-state index contributed by atoms with van der Waals surface area (Å²) in [7, 11) is 0. The maximum absolute atomic E-state index is 5.73. The van der Waals surface area contributed by atoms with Crippen molar-refractivity contribution in [1.82, 2.24) is 4.98 Å². The summed E-state index contributed by atoms with van der Waals surface area (Å²) >= 11 is 6.54. The van der Waals surface area contributed by atoms with Crippen LogP contribution in [-0.2, 0) is 13.0 Å². The Bertz CT molecular complexity index is 593. The van der Waals surface area contributed by atoms with Gasteiger partial charge in [-0.25, -0.2) is 4.98 Å². The van der Waals surface area contributed by atoms with Gasteiger partial charge in [-0.05, 0) is 31.0 Å². The van der Waals surface area contributed by atoms with Crippen LogP contribution < -0.4 is 10.5 Å². The minimum absolute atomic E-state index is 0.413. The Morgan fingerprint density at radius 2 is 2.26 bits per heavy atom. The first-order valence-electron chi connectivity index (χ1n) is 6.08. The molecule has 2 N–H and O–H groups in total. The molecular formula is C14H16N2OS2. The molecule has 0 unspecified atom stereocenters. The number of hydrogen-bond donors (Lipinski definition) is 1. The van der Waals surface area contributed by atoms with Crippen molar-refractivity contribution in [1.29, 1.82) is 0 Å². The van der Waals surface area contributed by atoms with E-state index in [0.29, 0.717) is 11.6 Å². The largest absolute Gasteiger partial charge is 0.486 e. The van der Waals surface area contributed by atoms with Gasteiger partial charge < -0.3 is 10.5 Å². The molecule has 0 saturated carbocycles. The maximum Gasteiger partial charge on any atom is 0.140 e. The topological polar surface area (TPSA) is 48.1 Å². The van der Waals surface area contributed by atoms with Gasteiger partial charge in [0, 0.05) is 0 Å². The first-order chi connectivity index (χ1) is 9.10. The van der Waals surface area contributed by atoms with Crippen LogP contribution in [0.2, 0.25) is 0 Å². The molecule has 0 atom stereocenters. The summed E-state index contributed by atoms with van der Waals surface area (Å²) in [5.74, 6) is 0.852. The Morgan fingerprint density at radius 1 is 1.47 bits per heavy atom. The highest BCUT2D eigenvalue weighted by molar-refractivity contribution is 7.81. The molecule has 1 aromatic heterocycles. The maximum atomic E-state index is 5.73. The fourth-order valence-electron chi connectivity index (χ4n) is 1.74. The first-order valence-corrected chi connectivity index (χ1v) is 7.30. The van der Waals surface area contributed by atoms with Gasteiger partial charge >= 0.3 is 0 Å². The second-order valence-electron chi connectivity index (χ2n) is 4.21. The van der Waals surface area contributed by atoms with Crippen molar-refractivity contribution in [3.63, 3.8) is 0 Å². The van der Waals surface area contributed by atoms with Crippen LogP contribution in [-0.4, -0.2) is 9.97 Å². The van der Waals surface area contributed by atoms with E-state index in [2.05, 4.69) is 4.98 Å². The molecule has 19 heavy (non-hydrogen) atoms. The van der Waals surface area contributed by atoms with Crippen LogP contribution in [0.4, 0.5) is 0 Å². The molecule has 0 bridgehead atoms. The van der Waals surface area contributed by atoms with Crippen LogP contribution in [0.15, 0.2) is 24.3 Å². The van der Waals surface area contributed by atoms with Gasteiger partial charge in [-0.1, -0.05) is 31.3 Å². The van der Waals surface area contributed by atoms with Crippen LogP contribution in [0.3, 0.4) is 0 Å². The number of ether oxygens (including phenoxy) is 1. The Morgan fingerprint density at radius 3 is 2.84 bits per heavy atom. The molecule has 1 heterocycles. The average Bonchev–Trinajstić information content (AvgIpc) is 2.80. The van der Waals surface area contributed by atoms with E-state index in [4.69, 9.17) is 22.7 Å². The van der Waals surface area contributed by atoms with Crippen molar-refractivity contribution in [2.75, 3.05) is 0 Å². The van der Waals surface area contributed by atoms with Crippen LogP contribution in [0.25, 0.3) is 0 Å². The summed E-state index contributed by atoms with van der Waals surface area (Å²) in [6.07, 6.45) is 0.827. The number of nitrogens with zero attached hydrogens (tertiary/aromatic N) is 1. The Labute approximate surface area is 122 Å². The average molecular weight is 292 g/mol. The summed E-state index contributed by atoms with van der Waals surface area (Å²) in [5, 5.41) is 0.904. The smallest absolute Gasteiger partial charge is 0.140 e. The third-order valence-electron chi connectivity index (χ3n) is 2.65. The normalized spacial score (nSPS) is 10.4. The van der Waals surface area contributed by atoms with E-state index in [1.165, 1.54) is 16.9 Å². The van der Waals surface area contributed by atoms with Gasteiger partial charge in [-0.3, -0.25) is 0 Å². The molecule has 0 spiro atoms. The summed E-state index contributed by atoms with van der Waals surface area (Å²) in [5.41, 5.74) is 7.83. The zero-order valence-electron chi connectivity index (χ0n) is 11.0. The molecule has 0 aliphatic carbocycles. The van der Waals surface area contributed by atoms with E-state index in [9.17, 15) is 0 Å². The molecule has 0 aliphatic rings. The van der Waals surface area contributed by atoms with Gasteiger partial charge in [0.15, 0.2) is 0 Å². The summed E-state index contributed by atoms with van der Waals surface area (Å²) in [4.78, 5) is 5.83. The lowest BCUT2D eigenvalue weighted by atomic mass is 10.2. The highest BCUT2D eigenvalue weighted by Gasteiger charge is 2.12. The number of benzene rings is 1. The summed E-state index contributed by atoms with van der Waals surface area (Å²) in [6.45, 7) is 4.53. The van der Waals surface area contributed by atoms with Crippen molar-refractivity contribution in [2.24, 2.45) is 5.73 Å². The molecule has 100 valence electrons. The minimum Gasteiger partial charge on any atom is -0.486 e. The monoisotopic (exact) mass is 292 g/mol. The first kappa shape index (κ1) is 14.0. The van der Waals surface area contributed by atoms with E-state index in [1.807, 2.05) is 38.1 Å². The molecule has 0 aliphatic heterocycles. The number of hydrogen-bond acceptors (Lipinski definition) is 4. The quantitative estimate of drug-likeness (QED) is 0.860. The molecule has 1 aromatic carbocycles. The lowest BCUT2D eigenvalue weighted by molar-refractivity contribution is 0.305. The number of thiocarbonyl (C=S) groups is 1. The molecule has 2 aromatic rings. The van der Waals surface area contributed by atoms with Crippen molar-refractivity contribution in [3.8, 4) is 5.75 Å². The Kier molecular flexibility index (Phi) is 4.50. The molecule has 0 amide bonds. The molecule has 5 heteroatoms. The minimum atomic E-state index is 0.413. The second-order valence-corrected chi connectivity index (χ2v) is 5.73. The number of aromatic nitrogens is 1. The van der Waals surface area contributed by atoms with Crippen LogP contribution in [0.5, 0.6) is 5.75 Å². The summed E-state index contributed by atoms with van der Waals surface area (Å²) in [6, 6.07) is 7.96. The fourth-order valence-corrected chi connectivity index (χ4v) is 2.91. The predicted molar refractivity (Wildman–Crippen MR) is 82.9 cm³/mol. The highest BCUT2D eigenvalue weighted by Crippen LogP contribution is 2.21. The number of nitrogens with two attached hydrogens (primary N) is 1. The standard InChI is InChI=1S/C14H16N2OS2/c1-3-11-13(14(15)18)19-12(16-11)8-17-10-6-4-5-9(2)7-10/h4-7H,3,8H2,1-2H3,(H2,15,18). The number of rotatable bonds is 5. The molecule has 0 fully saturated rings. The molecular weight excluding hydrogens is 276 g/mol. The Hall–Kier alpha value is -1.46. The predicted octanol–water partition coefficient (Wildman–Crippen LogP) is 3.23. The van der Waals surface area contributed by atoms with Gasteiger partial charge in [0.2, 0.25) is 0 Å². The van der Waals surface area contributed by atoms with Crippen molar-refractivity contribution in [3.05, 3.63) is 45.4 Å².